The van der Waals surface area contributed by atoms with Gasteiger partial charge in [0.25, 0.3) is 0 Å². The van der Waals surface area contributed by atoms with Crippen molar-refractivity contribution in [2.75, 3.05) is 13.2 Å². The van der Waals surface area contributed by atoms with Gasteiger partial charge >= 0.3 is 5.97 Å². The van der Waals surface area contributed by atoms with Crippen LogP contribution in [0.25, 0.3) is 21.8 Å². The summed E-state index contributed by atoms with van der Waals surface area (Å²) in [7, 11) is 0. The molecule has 0 aliphatic carbocycles. The Bertz CT molecular complexity index is 808. The van der Waals surface area contributed by atoms with Crippen molar-refractivity contribution in [1.29, 1.82) is 0 Å². The van der Waals surface area contributed by atoms with E-state index in [0.717, 1.165) is 33.2 Å². The van der Waals surface area contributed by atoms with Crippen molar-refractivity contribution in [3.8, 4) is 5.75 Å². The van der Waals surface area contributed by atoms with E-state index in [1.54, 1.807) is 0 Å². The fraction of sp³-hybridized carbons (Fsp3) is 0.250. The highest BCUT2D eigenvalue weighted by Gasteiger charge is 2.07. The Kier molecular flexibility index (Phi) is 3.48. The SMILES string of the molecule is CC(=O)OCCOc1ccc2c(c1)[nH]c1c(C)nccc12. The summed E-state index contributed by atoms with van der Waals surface area (Å²) in [5.74, 6) is 0.444. The number of hydrogen-bond donors (Lipinski definition) is 1. The van der Waals surface area contributed by atoms with E-state index < -0.39 is 0 Å². The second-order valence-electron chi connectivity index (χ2n) is 4.84. The molecule has 3 aromatic rings. The molecule has 0 unspecified atom stereocenters. The number of aromatic nitrogens is 2. The van der Waals surface area contributed by atoms with Crippen LogP contribution in [0.2, 0.25) is 0 Å². The topological polar surface area (TPSA) is 64.2 Å². The molecule has 108 valence electrons. The molecule has 1 N–H and O–H groups in total. The number of nitrogens with zero attached hydrogens (tertiary/aromatic N) is 1. The van der Waals surface area contributed by atoms with E-state index in [1.165, 1.54) is 6.92 Å². The number of pyridine rings is 1. The van der Waals surface area contributed by atoms with E-state index >= 15 is 0 Å². The number of hydrogen-bond acceptors (Lipinski definition) is 4. The molecule has 5 heteroatoms. The number of carbonyl (C=O) groups excluding carboxylic acids is 1. The number of benzene rings is 1. The Morgan fingerprint density at radius 2 is 2.10 bits per heavy atom. The Balaban J connectivity index is 1.85. The fourth-order valence-electron chi connectivity index (χ4n) is 2.38. The van der Waals surface area contributed by atoms with Gasteiger partial charge in [0.2, 0.25) is 0 Å². The first kappa shape index (κ1) is 13.4. The molecule has 5 nitrogen and oxygen atoms in total. The van der Waals surface area contributed by atoms with E-state index in [9.17, 15) is 4.79 Å². The van der Waals surface area contributed by atoms with Gasteiger partial charge < -0.3 is 14.5 Å². The van der Waals surface area contributed by atoms with Crippen molar-refractivity contribution < 1.29 is 14.3 Å². The summed E-state index contributed by atoms with van der Waals surface area (Å²) >= 11 is 0. The maximum Gasteiger partial charge on any atom is 0.302 e. The molecule has 1 aromatic carbocycles. The highest BCUT2D eigenvalue weighted by Crippen LogP contribution is 2.29. The van der Waals surface area contributed by atoms with Gasteiger partial charge in [-0.2, -0.15) is 0 Å². The monoisotopic (exact) mass is 284 g/mol. The molecule has 21 heavy (non-hydrogen) atoms. The number of H-pyrrole nitrogens is 1. The van der Waals surface area contributed by atoms with Gasteiger partial charge in [-0.25, -0.2) is 0 Å². The molecule has 0 saturated carbocycles. The normalized spacial score (nSPS) is 11.0. The summed E-state index contributed by atoms with van der Waals surface area (Å²) in [6.07, 6.45) is 1.81. The Labute approximate surface area is 121 Å². The summed E-state index contributed by atoms with van der Waals surface area (Å²) in [6.45, 7) is 3.95. The number of rotatable bonds is 4. The lowest BCUT2D eigenvalue weighted by atomic mass is 10.1. The van der Waals surface area contributed by atoms with Gasteiger partial charge in [-0.1, -0.05) is 0 Å². The van der Waals surface area contributed by atoms with Gasteiger partial charge in [0.1, 0.15) is 19.0 Å². The Morgan fingerprint density at radius 3 is 2.90 bits per heavy atom. The van der Waals surface area contributed by atoms with Crippen LogP contribution in [0.1, 0.15) is 12.6 Å². The molecule has 0 spiro atoms. The maximum atomic E-state index is 10.7. The Morgan fingerprint density at radius 1 is 1.24 bits per heavy atom. The lowest BCUT2D eigenvalue weighted by Gasteiger charge is -2.06. The largest absolute Gasteiger partial charge is 0.490 e. The average Bonchev–Trinajstić information content (AvgIpc) is 2.83. The number of aryl methyl sites for hydroxylation is 1. The maximum absolute atomic E-state index is 10.7. The molecule has 0 aliphatic heterocycles. The van der Waals surface area contributed by atoms with Crippen molar-refractivity contribution in [3.05, 3.63) is 36.2 Å². The van der Waals surface area contributed by atoms with Crippen molar-refractivity contribution in [1.82, 2.24) is 9.97 Å². The molecule has 0 aliphatic rings. The standard InChI is InChI=1S/C16H16N2O3/c1-10-16-14(5-6-17-10)13-4-3-12(9-15(13)18-16)21-8-7-20-11(2)19/h3-6,9,18H,7-8H2,1-2H3. The predicted molar refractivity (Wildman–Crippen MR) is 80.5 cm³/mol. The van der Waals surface area contributed by atoms with Crippen molar-refractivity contribution in [2.45, 2.75) is 13.8 Å². The zero-order valence-electron chi connectivity index (χ0n) is 12.0. The van der Waals surface area contributed by atoms with Gasteiger partial charge in [-0.3, -0.25) is 9.78 Å². The third kappa shape index (κ3) is 2.67. The second-order valence-corrected chi connectivity index (χ2v) is 4.84. The van der Waals surface area contributed by atoms with E-state index in [0.29, 0.717) is 6.61 Å². The summed E-state index contributed by atoms with van der Waals surface area (Å²) < 4.78 is 10.4. The predicted octanol–water partition coefficient (Wildman–Crippen LogP) is 2.97. The van der Waals surface area contributed by atoms with E-state index in [-0.39, 0.29) is 12.6 Å². The minimum atomic E-state index is -0.298. The van der Waals surface area contributed by atoms with Crippen LogP contribution in [-0.4, -0.2) is 29.2 Å². The summed E-state index contributed by atoms with van der Waals surface area (Å²) in [5.41, 5.74) is 3.02. The van der Waals surface area contributed by atoms with Crippen LogP contribution in [0.5, 0.6) is 5.75 Å². The number of esters is 1. The van der Waals surface area contributed by atoms with Crippen molar-refractivity contribution in [2.24, 2.45) is 0 Å². The third-order valence-electron chi connectivity index (χ3n) is 3.34. The lowest BCUT2D eigenvalue weighted by molar-refractivity contribution is -0.141. The van der Waals surface area contributed by atoms with E-state index in [2.05, 4.69) is 9.97 Å². The third-order valence-corrected chi connectivity index (χ3v) is 3.34. The molecule has 2 heterocycles. The molecular weight excluding hydrogens is 268 g/mol. The first-order chi connectivity index (χ1) is 10.1. The smallest absolute Gasteiger partial charge is 0.302 e. The van der Waals surface area contributed by atoms with Gasteiger partial charge in [-0.15, -0.1) is 0 Å². The van der Waals surface area contributed by atoms with E-state index in [4.69, 9.17) is 9.47 Å². The van der Waals surface area contributed by atoms with E-state index in [1.807, 2.05) is 37.4 Å². The highest BCUT2D eigenvalue weighted by atomic mass is 16.6. The zero-order valence-corrected chi connectivity index (χ0v) is 12.0. The first-order valence-corrected chi connectivity index (χ1v) is 6.78. The highest BCUT2D eigenvalue weighted by molar-refractivity contribution is 6.08. The van der Waals surface area contributed by atoms with Gasteiger partial charge in [-0.05, 0) is 25.1 Å². The molecule has 0 saturated heterocycles. The summed E-state index contributed by atoms with van der Waals surface area (Å²) in [5, 5.41) is 2.30. The number of aromatic amines is 1. The van der Waals surface area contributed by atoms with Crippen LogP contribution < -0.4 is 4.74 Å². The molecule has 0 bridgehead atoms. The van der Waals surface area contributed by atoms with Crippen LogP contribution in [0.15, 0.2) is 30.5 Å². The van der Waals surface area contributed by atoms with Gasteiger partial charge in [0, 0.05) is 30.0 Å². The minimum Gasteiger partial charge on any atom is -0.490 e. The molecule has 0 fully saturated rings. The Hall–Kier alpha value is -2.56. The lowest BCUT2D eigenvalue weighted by Crippen LogP contribution is -2.09. The molecular formula is C16H16N2O3. The first-order valence-electron chi connectivity index (χ1n) is 6.78. The van der Waals surface area contributed by atoms with Crippen LogP contribution in [-0.2, 0) is 9.53 Å². The fourth-order valence-corrected chi connectivity index (χ4v) is 2.38. The van der Waals surface area contributed by atoms with Gasteiger partial charge in [0.05, 0.1) is 16.7 Å². The minimum absolute atomic E-state index is 0.253. The molecule has 0 amide bonds. The number of nitrogens with one attached hydrogen (secondary N) is 1. The van der Waals surface area contributed by atoms with Crippen molar-refractivity contribution >= 4 is 27.8 Å². The number of carbonyl (C=O) groups is 1. The molecule has 3 rings (SSSR count). The van der Waals surface area contributed by atoms with Crippen LogP contribution in [0, 0.1) is 6.92 Å². The zero-order chi connectivity index (χ0) is 14.8. The molecule has 0 radical (unpaired) electrons. The van der Waals surface area contributed by atoms with Gasteiger partial charge in [0.15, 0.2) is 0 Å². The quantitative estimate of drug-likeness (QED) is 0.591. The number of ether oxygens (including phenoxy) is 2. The number of fused-ring (bicyclic) bond motifs is 3. The second kappa shape index (κ2) is 5.44. The van der Waals surface area contributed by atoms with Crippen LogP contribution in [0.4, 0.5) is 0 Å². The van der Waals surface area contributed by atoms with Crippen molar-refractivity contribution in [3.63, 3.8) is 0 Å². The van der Waals surface area contributed by atoms with Crippen LogP contribution in [0.3, 0.4) is 0 Å². The summed E-state index contributed by atoms with van der Waals surface area (Å²) in [6, 6.07) is 7.89. The molecule has 0 atom stereocenters. The van der Waals surface area contributed by atoms with Crippen LogP contribution >= 0.6 is 0 Å². The molecule has 2 aromatic heterocycles. The summed E-state index contributed by atoms with van der Waals surface area (Å²) in [4.78, 5) is 18.3. The average molecular weight is 284 g/mol.